The molecule has 2 saturated heterocycles. The molecule has 1 aromatic carbocycles. The molecule has 0 spiro atoms. The minimum atomic E-state index is -2.87. The van der Waals surface area contributed by atoms with Crippen LogP contribution in [0.2, 0.25) is 0 Å². The second kappa shape index (κ2) is 7.96. The highest BCUT2D eigenvalue weighted by Crippen LogP contribution is 2.34. The van der Waals surface area contributed by atoms with E-state index in [0.29, 0.717) is 42.9 Å². The molecule has 3 rings (SSSR count). The standard InChI is InChI=1S/C19H30N2O3S/c1-3-10-25(22,23)11-9-20-12-16-14-21(15-17(16)13-20)18-5-7-19(8-6-18)24-4-2/h5-8,16-17H,3-4,9-15H2,1-2H3. The highest BCUT2D eigenvalue weighted by atomic mass is 32.2. The van der Waals surface area contributed by atoms with Gasteiger partial charge < -0.3 is 14.5 Å². The predicted octanol–water partition coefficient (Wildman–Crippen LogP) is 2.28. The molecule has 140 valence electrons. The largest absolute Gasteiger partial charge is 0.494 e. The maximum atomic E-state index is 11.9. The number of fused-ring (bicyclic) bond motifs is 1. The zero-order valence-electron chi connectivity index (χ0n) is 15.4. The van der Waals surface area contributed by atoms with Crippen molar-refractivity contribution in [1.29, 1.82) is 0 Å². The molecule has 2 aliphatic rings. The summed E-state index contributed by atoms with van der Waals surface area (Å²) in [5.41, 5.74) is 1.26. The Bertz CT molecular complexity index is 646. The first-order valence-electron chi connectivity index (χ1n) is 9.41. The molecule has 0 N–H and O–H groups in total. The number of benzene rings is 1. The average molecular weight is 367 g/mol. The van der Waals surface area contributed by atoms with Gasteiger partial charge in [-0.25, -0.2) is 8.42 Å². The summed E-state index contributed by atoms with van der Waals surface area (Å²) in [6, 6.07) is 8.36. The van der Waals surface area contributed by atoms with Crippen molar-refractivity contribution in [3.8, 4) is 5.75 Å². The van der Waals surface area contributed by atoms with Gasteiger partial charge in [0.25, 0.3) is 0 Å². The van der Waals surface area contributed by atoms with Crippen LogP contribution < -0.4 is 9.64 Å². The van der Waals surface area contributed by atoms with E-state index in [9.17, 15) is 8.42 Å². The van der Waals surface area contributed by atoms with Crippen molar-refractivity contribution in [2.45, 2.75) is 20.3 Å². The van der Waals surface area contributed by atoms with Crippen LogP contribution in [-0.4, -0.2) is 64.2 Å². The third-order valence-electron chi connectivity index (χ3n) is 5.31. The molecule has 2 aliphatic heterocycles. The van der Waals surface area contributed by atoms with Gasteiger partial charge in [0, 0.05) is 44.2 Å². The molecule has 0 saturated carbocycles. The third-order valence-corrected chi connectivity index (χ3v) is 7.14. The number of ether oxygens (including phenoxy) is 1. The van der Waals surface area contributed by atoms with Gasteiger partial charge in [-0.1, -0.05) is 6.92 Å². The molecule has 2 fully saturated rings. The van der Waals surface area contributed by atoms with Crippen LogP contribution in [0.3, 0.4) is 0 Å². The van der Waals surface area contributed by atoms with E-state index in [4.69, 9.17) is 4.74 Å². The summed E-state index contributed by atoms with van der Waals surface area (Å²) >= 11 is 0. The van der Waals surface area contributed by atoms with E-state index in [1.54, 1.807) is 0 Å². The Labute approximate surface area is 151 Å². The van der Waals surface area contributed by atoms with Gasteiger partial charge in [0.15, 0.2) is 9.84 Å². The van der Waals surface area contributed by atoms with Crippen LogP contribution in [0.25, 0.3) is 0 Å². The first-order valence-corrected chi connectivity index (χ1v) is 11.2. The molecule has 2 atom stereocenters. The fourth-order valence-electron chi connectivity index (χ4n) is 4.08. The molecule has 5 nitrogen and oxygen atoms in total. The lowest BCUT2D eigenvalue weighted by atomic mass is 10.0. The van der Waals surface area contributed by atoms with Crippen LogP contribution in [0.4, 0.5) is 5.69 Å². The van der Waals surface area contributed by atoms with Crippen molar-refractivity contribution in [2.24, 2.45) is 11.8 Å². The van der Waals surface area contributed by atoms with E-state index < -0.39 is 9.84 Å². The highest BCUT2D eigenvalue weighted by molar-refractivity contribution is 7.91. The Morgan fingerprint density at radius 1 is 1.00 bits per heavy atom. The summed E-state index contributed by atoms with van der Waals surface area (Å²) in [6.45, 7) is 9.49. The second-order valence-corrected chi connectivity index (χ2v) is 9.57. The first-order chi connectivity index (χ1) is 12.0. The Balaban J connectivity index is 1.49. The maximum Gasteiger partial charge on any atom is 0.151 e. The normalized spacial score (nSPS) is 23.8. The fraction of sp³-hybridized carbons (Fsp3) is 0.684. The van der Waals surface area contributed by atoms with Gasteiger partial charge in [-0.2, -0.15) is 0 Å². The topological polar surface area (TPSA) is 49.9 Å². The Kier molecular flexibility index (Phi) is 5.89. The first kappa shape index (κ1) is 18.5. The van der Waals surface area contributed by atoms with Crippen molar-refractivity contribution in [1.82, 2.24) is 4.90 Å². The lowest BCUT2D eigenvalue weighted by Gasteiger charge is -2.23. The van der Waals surface area contributed by atoms with Crippen LogP contribution >= 0.6 is 0 Å². The third kappa shape index (κ3) is 4.67. The molecule has 0 radical (unpaired) electrons. The Morgan fingerprint density at radius 2 is 1.64 bits per heavy atom. The molecule has 25 heavy (non-hydrogen) atoms. The van der Waals surface area contributed by atoms with Gasteiger partial charge in [0.1, 0.15) is 5.75 Å². The highest BCUT2D eigenvalue weighted by Gasteiger charge is 2.40. The number of likely N-dealkylation sites (tertiary alicyclic amines) is 1. The van der Waals surface area contributed by atoms with Gasteiger partial charge in [0.2, 0.25) is 0 Å². The molecule has 0 aromatic heterocycles. The van der Waals surface area contributed by atoms with Crippen LogP contribution in [0, 0.1) is 11.8 Å². The zero-order valence-corrected chi connectivity index (χ0v) is 16.2. The van der Waals surface area contributed by atoms with Gasteiger partial charge in [-0.3, -0.25) is 0 Å². The molecule has 1 aromatic rings. The number of nitrogens with zero attached hydrogens (tertiary/aromatic N) is 2. The molecular weight excluding hydrogens is 336 g/mol. The number of hydrogen-bond donors (Lipinski definition) is 0. The van der Waals surface area contributed by atoms with Crippen molar-refractivity contribution in [3.63, 3.8) is 0 Å². The van der Waals surface area contributed by atoms with Crippen molar-refractivity contribution in [3.05, 3.63) is 24.3 Å². The van der Waals surface area contributed by atoms with Crippen LogP contribution in [0.15, 0.2) is 24.3 Å². The lowest BCUT2D eigenvalue weighted by Crippen LogP contribution is -2.32. The van der Waals surface area contributed by atoms with Crippen molar-refractivity contribution < 1.29 is 13.2 Å². The minimum absolute atomic E-state index is 0.308. The van der Waals surface area contributed by atoms with Crippen LogP contribution in [-0.2, 0) is 9.84 Å². The number of sulfone groups is 1. The number of rotatable bonds is 8. The van der Waals surface area contributed by atoms with Crippen molar-refractivity contribution >= 4 is 15.5 Å². The van der Waals surface area contributed by atoms with Gasteiger partial charge in [-0.15, -0.1) is 0 Å². The summed E-state index contributed by atoms with van der Waals surface area (Å²) in [5, 5.41) is 0. The second-order valence-electron chi connectivity index (χ2n) is 7.26. The molecule has 0 bridgehead atoms. The fourth-order valence-corrected chi connectivity index (χ4v) is 5.45. The van der Waals surface area contributed by atoms with E-state index in [2.05, 4.69) is 21.9 Å². The van der Waals surface area contributed by atoms with Crippen LogP contribution in [0.5, 0.6) is 5.75 Å². The van der Waals surface area contributed by atoms with Gasteiger partial charge in [0.05, 0.1) is 12.4 Å². The Hall–Kier alpha value is -1.27. The van der Waals surface area contributed by atoms with Crippen molar-refractivity contribution in [2.75, 3.05) is 55.7 Å². The molecular formula is C19H30N2O3S. The maximum absolute atomic E-state index is 11.9. The SMILES string of the molecule is CCCS(=O)(=O)CCN1CC2CN(c3ccc(OCC)cc3)CC2C1. The van der Waals surface area contributed by atoms with E-state index in [1.807, 2.05) is 26.0 Å². The quantitative estimate of drug-likeness (QED) is 0.706. The predicted molar refractivity (Wildman–Crippen MR) is 102 cm³/mol. The summed E-state index contributed by atoms with van der Waals surface area (Å²) in [5.74, 6) is 2.85. The van der Waals surface area contributed by atoms with Gasteiger partial charge in [-0.05, 0) is 49.4 Å². The van der Waals surface area contributed by atoms with E-state index in [-0.39, 0.29) is 0 Å². The molecule has 2 heterocycles. The molecule has 0 aliphatic carbocycles. The smallest absolute Gasteiger partial charge is 0.151 e. The van der Waals surface area contributed by atoms with E-state index in [1.165, 1.54) is 5.69 Å². The molecule has 2 unspecified atom stereocenters. The van der Waals surface area contributed by atoms with Gasteiger partial charge >= 0.3 is 0 Å². The number of hydrogen-bond acceptors (Lipinski definition) is 5. The number of anilines is 1. The monoisotopic (exact) mass is 366 g/mol. The van der Waals surface area contributed by atoms with E-state index in [0.717, 1.165) is 31.9 Å². The summed E-state index contributed by atoms with van der Waals surface area (Å²) < 4.78 is 29.3. The molecule has 0 amide bonds. The minimum Gasteiger partial charge on any atom is -0.494 e. The summed E-state index contributed by atoms with van der Waals surface area (Å²) in [6.07, 6.45) is 0.713. The Morgan fingerprint density at radius 3 is 2.20 bits per heavy atom. The van der Waals surface area contributed by atoms with Crippen LogP contribution in [0.1, 0.15) is 20.3 Å². The molecule has 6 heteroatoms. The van der Waals surface area contributed by atoms with E-state index >= 15 is 0 Å². The summed E-state index contributed by atoms with van der Waals surface area (Å²) in [7, 11) is -2.87. The summed E-state index contributed by atoms with van der Waals surface area (Å²) in [4.78, 5) is 4.80. The lowest BCUT2D eigenvalue weighted by molar-refractivity contribution is 0.334. The average Bonchev–Trinajstić information content (AvgIpc) is 3.12. The zero-order chi connectivity index (χ0) is 17.9.